The van der Waals surface area contributed by atoms with Gasteiger partial charge in [0, 0.05) is 0 Å². The van der Waals surface area contributed by atoms with E-state index in [1.807, 2.05) is 13.8 Å². The average Bonchev–Trinajstić information content (AvgIpc) is 1.64. The molecule has 0 heterocycles. The van der Waals surface area contributed by atoms with Crippen LogP contribution in [0.2, 0.25) is 10.5 Å². The Hall–Kier alpha value is 0.634. The predicted octanol–water partition coefficient (Wildman–Crippen LogP) is 2.14. The molecule has 0 radical (unpaired) electrons. The first-order valence-corrected chi connectivity index (χ1v) is 7.80. The summed E-state index contributed by atoms with van der Waals surface area (Å²) < 4.78 is 10.9. The quantitative estimate of drug-likeness (QED) is 0.598. The molecule has 0 rings (SSSR count). The zero-order valence-corrected chi connectivity index (χ0v) is 8.29. The molecule has 0 bridgehead atoms. The third-order valence-electron chi connectivity index (χ3n) is 0.984. The van der Waals surface area contributed by atoms with Gasteiger partial charge < -0.3 is 0 Å². The maximum atomic E-state index is 5.44. The first-order chi connectivity index (χ1) is 4.12. The standard InChI is InChI=1S/2C2H5O.2CH3.Ti/c2*1-2-3;;;/h2*2H2,1H3;2*1H3;/q2*-1;;;+2. The van der Waals surface area contributed by atoms with Gasteiger partial charge in [-0.05, 0) is 0 Å². The van der Waals surface area contributed by atoms with Crippen molar-refractivity contribution >= 4 is 0 Å². The molecule has 0 N–H and O–H groups in total. The second-order valence-electron chi connectivity index (χ2n) is 2.27. The fourth-order valence-corrected chi connectivity index (χ4v) is 3.04. The molecule has 0 saturated carbocycles. The summed E-state index contributed by atoms with van der Waals surface area (Å²) in [4.78, 5) is 0. The van der Waals surface area contributed by atoms with Crippen molar-refractivity contribution in [3.63, 3.8) is 0 Å². The molecule has 3 heteroatoms. The van der Waals surface area contributed by atoms with E-state index < -0.39 is 17.4 Å². The fraction of sp³-hybridized carbons (Fsp3) is 1.00. The fourth-order valence-electron chi connectivity index (χ4n) is 0.737. The molecule has 56 valence electrons. The van der Waals surface area contributed by atoms with E-state index in [1.54, 1.807) is 0 Å². The van der Waals surface area contributed by atoms with Crippen LogP contribution in [0.3, 0.4) is 0 Å². The van der Waals surface area contributed by atoms with Crippen LogP contribution in [0.4, 0.5) is 0 Å². The van der Waals surface area contributed by atoms with Crippen molar-refractivity contribution in [3.05, 3.63) is 0 Å². The van der Waals surface area contributed by atoms with Crippen molar-refractivity contribution in [2.75, 3.05) is 13.2 Å². The zero-order chi connectivity index (χ0) is 7.33. The summed E-state index contributed by atoms with van der Waals surface area (Å²) in [5.41, 5.74) is 0. The predicted molar refractivity (Wildman–Crippen MR) is 35.0 cm³/mol. The van der Waals surface area contributed by atoms with E-state index >= 15 is 0 Å². The van der Waals surface area contributed by atoms with Crippen LogP contribution in [-0.2, 0) is 24.0 Å². The normalized spacial score (nSPS) is 12.0. The van der Waals surface area contributed by atoms with Crippen molar-refractivity contribution < 1.29 is 24.0 Å². The summed E-state index contributed by atoms with van der Waals surface area (Å²) in [6.07, 6.45) is 0. The van der Waals surface area contributed by atoms with E-state index in [0.717, 1.165) is 13.2 Å². The van der Waals surface area contributed by atoms with Gasteiger partial charge in [0.2, 0.25) is 0 Å². The van der Waals surface area contributed by atoms with E-state index in [2.05, 4.69) is 10.5 Å². The molecule has 0 spiro atoms. The molecule has 2 nitrogen and oxygen atoms in total. The third kappa shape index (κ3) is 5.10. The Bertz CT molecular complexity index is 65.5. The molecule has 0 aromatic carbocycles. The topological polar surface area (TPSA) is 18.5 Å². The molecule has 0 unspecified atom stereocenters. The van der Waals surface area contributed by atoms with Gasteiger partial charge in [-0.25, -0.2) is 0 Å². The van der Waals surface area contributed by atoms with Crippen molar-refractivity contribution in [2.24, 2.45) is 0 Å². The molecule has 0 atom stereocenters. The Morgan fingerprint density at radius 1 is 1.00 bits per heavy atom. The van der Waals surface area contributed by atoms with Gasteiger partial charge >= 0.3 is 61.5 Å². The van der Waals surface area contributed by atoms with Gasteiger partial charge in [-0.2, -0.15) is 0 Å². The Morgan fingerprint density at radius 2 is 1.33 bits per heavy atom. The maximum absolute atomic E-state index is 5.44. The molecular weight excluding hydrogens is 152 g/mol. The second kappa shape index (κ2) is 4.45. The Kier molecular flexibility index (Phi) is 4.76. The monoisotopic (exact) mass is 168 g/mol. The van der Waals surface area contributed by atoms with Crippen molar-refractivity contribution in [3.8, 4) is 0 Å². The number of hydrogen-bond acceptors (Lipinski definition) is 2. The Labute approximate surface area is 61.9 Å². The zero-order valence-electron chi connectivity index (χ0n) is 6.73. The van der Waals surface area contributed by atoms with Gasteiger partial charge in [-0.15, -0.1) is 0 Å². The summed E-state index contributed by atoms with van der Waals surface area (Å²) in [6, 6.07) is 0. The first kappa shape index (κ1) is 9.63. The second-order valence-corrected chi connectivity index (χ2v) is 7.54. The SMILES string of the molecule is CC[O][Ti]([CH3])([CH3])[O]CC. The summed E-state index contributed by atoms with van der Waals surface area (Å²) >= 11 is -2.16. The van der Waals surface area contributed by atoms with E-state index in [0.29, 0.717) is 0 Å². The van der Waals surface area contributed by atoms with E-state index in [1.165, 1.54) is 0 Å². The molecule has 0 saturated heterocycles. The molecule has 0 fully saturated rings. The van der Waals surface area contributed by atoms with Crippen LogP contribution in [0.25, 0.3) is 0 Å². The van der Waals surface area contributed by atoms with E-state index in [-0.39, 0.29) is 0 Å². The van der Waals surface area contributed by atoms with Gasteiger partial charge in [-0.3, -0.25) is 0 Å². The minimum absolute atomic E-state index is 0.785. The van der Waals surface area contributed by atoms with Crippen LogP contribution in [0.5, 0.6) is 0 Å². The molecule has 9 heavy (non-hydrogen) atoms. The van der Waals surface area contributed by atoms with Crippen molar-refractivity contribution in [1.29, 1.82) is 0 Å². The van der Waals surface area contributed by atoms with Crippen LogP contribution in [0, 0.1) is 0 Å². The average molecular weight is 168 g/mol. The van der Waals surface area contributed by atoms with E-state index in [9.17, 15) is 0 Å². The number of rotatable bonds is 4. The summed E-state index contributed by atoms with van der Waals surface area (Å²) in [6.45, 7) is 5.58. The molecular formula is C6H16O2Ti. The molecule has 0 aliphatic rings. The Morgan fingerprint density at radius 3 is 1.56 bits per heavy atom. The van der Waals surface area contributed by atoms with Gasteiger partial charge in [-0.1, -0.05) is 0 Å². The van der Waals surface area contributed by atoms with Gasteiger partial charge in [0.1, 0.15) is 0 Å². The van der Waals surface area contributed by atoms with Gasteiger partial charge in [0.15, 0.2) is 0 Å². The van der Waals surface area contributed by atoms with Gasteiger partial charge in [0.25, 0.3) is 0 Å². The van der Waals surface area contributed by atoms with Crippen LogP contribution < -0.4 is 0 Å². The van der Waals surface area contributed by atoms with Crippen molar-refractivity contribution in [1.82, 2.24) is 0 Å². The number of hydrogen-bond donors (Lipinski definition) is 0. The molecule has 0 aromatic heterocycles. The summed E-state index contributed by atoms with van der Waals surface area (Å²) in [5.74, 6) is 0. The van der Waals surface area contributed by atoms with E-state index in [4.69, 9.17) is 6.64 Å². The Balaban J connectivity index is 3.43. The van der Waals surface area contributed by atoms with Crippen LogP contribution in [0.1, 0.15) is 13.8 Å². The molecule has 0 amide bonds. The molecule has 0 aromatic rings. The van der Waals surface area contributed by atoms with Gasteiger partial charge in [0.05, 0.1) is 0 Å². The van der Waals surface area contributed by atoms with Crippen LogP contribution >= 0.6 is 0 Å². The molecule has 0 aliphatic heterocycles. The first-order valence-electron chi connectivity index (χ1n) is 3.40. The van der Waals surface area contributed by atoms with Crippen LogP contribution in [0.15, 0.2) is 0 Å². The minimum atomic E-state index is -2.16. The summed E-state index contributed by atoms with van der Waals surface area (Å²) in [5, 5.41) is 4.21. The molecule has 0 aliphatic carbocycles. The van der Waals surface area contributed by atoms with Crippen LogP contribution in [-0.4, -0.2) is 13.2 Å². The van der Waals surface area contributed by atoms with Crippen molar-refractivity contribution in [2.45, 2.75) is 24.3 Å². The third-order valence-corrected chi connectivity index (χ3v) is 4.06. The summed E-state index contributed by atoms with van der Waals surface area (Å²) in [7, 11) is 0.